The van der Waals surface area contributed by atoms with E-state index < -0.39 is 5.97 Å². The van der Waals surface area contributed by atoms with Crippen molar-refractivity contribution in [1.82, 2.24) is 0 Å². The molecule has 146 valence electrons. The monoisotopic (exact) mass is 391 g/mol. The number of benzene rings is 4. The van der Waals surface area contributed by atoms with Crippen LogP contribution in [0.15, 0.2) is 84.9 Å². The molecule has 3 atom stereocenters. The van der Waals surface area contributed by atoms with Crippen LogP contribution in [0.4, 0.5) is 5.69 Å². The Morgan fingerprint density at radius 2 is 1.50 bits per heavy atom. The molecule has 0 radical (unpaired) electrons. The van der Waals surface area contributed by atoms with Gasteiger partial charge in [0.15, 0.2) is 0 Å². The second-order valence-electron chi connectivity index (χ2n) is 8.31. The molecule has 0 aromatic heterocycles. The third-order valence-electron chi connectivity index (χ3n) is 6.82. The molecule has 4 aromatic carbocycles. The quantitative estimate of drug-likeness (QED) is 0.440. The van der Waals surface area contributed by atoms with Gasteiger partial charge in [0.1, 0.15) is 0 Å². The maximum Gasteiger partial charge on any atom is 0.337 e. The first kappa shape index (κ1) is 17.3. The number of nitrogens with one attached hydrogen (secondary N) is 1. The summed E-state index contributed by atoms with van der Waals surface area (Å²) in [6.07, 6.45) is 0.985. The van der Waals surface area contributed by atoms with Crippen LogP contribution in [-0.4, -0.2) is 11.1 Å². The standard InChI is InChI=1S/C27H21NO2/c29-27(30)22-14-6-13-21-24-19-11-4-2-8-17(19)15-23(24)25(28-26(21)22)20-12-5-9-16-7-1-3-10-18(16)20/h1-14,23-25,28H,15H2,(H,29,30)/t23-,24+,25-/m1/s1. The van der Waals surface area contributed by atoms with E-state index in [4.69, 9.17) is 0 Å². The molecule has 3 heteroatoms. The molecular formula is C27H21NO2. The number of aromatic carboxylic acids is 1. The Labute approximate surface area is 175 Å². The van der Waals surface area contributed by atoms with Crippen LogP contribution in [-0.2, 0) is 6.42 Å². The normalized spacial score (nSPS) is 21.4. The smallest absolute Gasteiger partial charge is 0.337 e. The third kappa shape index (κ3) is 2.42. The number of carbonyl (C=O) groups is 1. The highest BCUT2D eigenvalue weighted by molar-refractivity contribution is 5.96. The molecule has 6 rings (SSSR count). The van der Waals surface area contributed by atoms with Crippen LogP contribution >= 0.6 is 0 Å². The van der Waals surface area contributed by atoms with Gasteiger partial charge < -0.3 is 10.4 Å². The summed E-state index contributed by atoms with van der Waals surface area (Å²) >= 11 is 0. The fourth-order valence-electron chi connectivity index (χ4n) is 5.60. The highest BCUT2D eigenvalue weighted by Gasteiger charge is 2.44. The largest absolute Gasteiger partial charge is 0.478 e. The van der Waals surface area contributed by atoms with Crippen LogP contribution in [0.1, 0.15) is 44.6 Å². The molecule has 0 bridgehead atoms. The van der Waals surface area contributed by atoms with E-state index in [1.807, 2.05) is 6.07 Å². The number of hydrogen-bond donors (Lipinski definition) is 2. The predicted molar refractivity (Wildman–Crippen MR) is 119 cm³/mol. The molecule has 1 aliphatic heterocycles. The highest BCUT2D eigenvalue weighted by Crippen LogP contribution is 2.55. The average molecular weight is 391 g/mol. The van der Waals surface area contributed by atoms with E-state index >= 15 is 0 Å². The Balaban J connectivity index is 1.61. The first-order chi connectivity index (χ1) is 14.7. The van der Waals surface area contributed by atoms with Crippen LogP contribution < -0.4 is 5.32 Å². The maximum atomic E-state index is 12.0. The van der Waals surface area contributed by atoms with Crippen molar-refractivity contribution in [3.63, 3.8) is 0 Å². The Morgan fingerprint density at radius 3 is 2.40 bits per heavy atom. The molecule has 0 saturated carbocycles. The minimum atomic E-state index is -0.888. The van der Waals surface area contributed by atoms with E-state index in [9.17, 15) is 9.90 Å². The second kappa shape index (κ2) is 6.46. The molecule has 4 aromatic rings. The molecular weight excluding hydrogens is 370 g/mol. The average Bonchev–Trinajstić information content (AvgIpc) is 3.17. The zero-order chi connectivity index (χ0) is 20.2. The van der Waals surface area contributed by atoms with E-state index in [-0.39, 0.29) is 12.0 Å². The number of carboxylic acids is 1. The predicted octanol–water partition coefficient (Wildman–Crippen LogP) is 6.01. The minimum absolute atomic E-state index is 0.0431. The van der Waals surface area contributed by atoms with E-state index in [1.165, 1.54) is 27.5 Å². The van der Waals surface area contributed by atoms with Gasteiger partial charge in [-0.1, -0.05) is 78.9 Å². The number of para-hydroxylation sites is 1. The Morgan fingerprint density at radius 1 is 0.800 bits per heavy atom. The number of carboxylic acid groups (broad SMARTS) is 1. The molecule has 0 fully saturated rings. The van der Waals surface area contributed by atoms with Crippen LogP contribution in [0, 0.1) is 5.92 Å². The summed E-state index contributed by atoms with van der Waals surface area (Å²) < 4.78 is 0. The summed E-state index contributed by atoms with van der Waals surface area (Å²) in [5.74, 6) is -0.355. The van der Waals surface area contributed by atoms with Gasteiger partial charge in [-0.05, 0) is 51.4 Å². The molecule has 1 heterocycles. The highest BCUT2D eigenvalue weighted by atomic mass is 16.4. The molecule has 0 spiro atoms. The van der Waals surface area contributed by atoms with Crippen molar-refractivity contribution in [3.8, 4) is 0 Å². The van der Waals surface area contributed by atoms with Gasteiger partial charge in [-0.3, -0.25) is 0 Å². The molecule has 0 saturated heterocycles. The van der Waals surface area contributed by atoms with Crippen molar-refractivity contribution in [2.45, 2.75) is 18.4 Å². The maximum absolute atomic E-state index is 12.0. The molecule has 1 aliphatic carbocycles. The van der Waals surface area contributed by atoms with E-state index in [0.717, 1.165) is 17.7 Å². The lowest BCUT2D eigenvalue weighted by Crippen LogP contribution is -2.31. The first-order valence-electron chi connectivity index (χ1n) is 10.4. The summed E-state index contributed by atoms with van der Waals surface area (Å²) in [7, 11) is 0. The summed E-state index contributed by atoms with van der Waals surface area (Å²) in [6, 6.07) is 29.2. The molecule has 2 N–H and O–H groups in total. The van der Waals surface area contributed by atoms with Crippen LogP contribution in [0.25, 0.3) is 10.8 Å². The van der Waals surface area contributed by atoms with Crippen LogP contribution in [0.2, 0.25) is 0 Å². The van der Waals surface area contributed by atoms with E-state index in [2.05, 4.69) is 78.1 Å². The van der Waals surface area contributed by atoms with Crippen molar-refractivity contribution in [3.05, 3.63) is 113 Å². The summed E-state index contributed by atoms with van der Waals surface area (Å²) in [6.45, 7) is 0. The lowest BCUT2D eigenvalue weighted by atomic mass is 9.74. The zero-order valence-corrected chi connectivity index (χ0v) is 16.4. The third-order valence-corrected chi connectivity index (χ3v) is 6.82. The van der Waals surface area contributed by atoms with Gasteiger partial charge >= 0.3 is 5.97 Å². The molecule has 2 aliphatic rings. The summed E-state index contributed by atoms with van der Waals surface area (Å²) in [5, 5.41) is 16.0. The first-order valence-corrected chi connectivity index (χ1v) is 10.4. The SMILES string of the molecule is O=C(O)c1cccc2c1N[C@H](c1cccc3ccccc13)[C@@H]1Cc3ccccc3[C@@H]21. The van der Waals surface area contributed by atoms with Gasteiger partial charge in [-0.2, -0.15) is 0 Å². The lowest BCUT2D eigenvalue weighted by molar-refractivity contribution is 0.0697. The van der Waals surface area contributed by atoms with Gasteiger partial charge in [0.05, 0.1) is 17.3 Å². The van der Waals surface area contributed by atoms with Gasteiger partial charge in [0, 0.05) is 5.92 Å². The fourth-order valence-corrected chi connectivity index (χ4v) is 5.60. The van der Waals surface area contributed by atoms with Crippen molar-refractivity contribution in [2.24, 2.45) is 5.92 Å². The Hall–Kier alpha value is -3.59. The molecule has 3 nitrogen and oxygen atoms in total. The molecule has 30 heavy (non-hydrogen) atoms. The van der Waals surface area contributed by atoms with Crippen molar-refractivity contribution in [2.75, 3.05) is 5.32 Å². The Bertz CT molecular complexity index is 1300. The van der Waals surface area contributed by atoms with Gasteiger partial charge in [-0.25, -0.2) is 4.79 Å². The fraction of sp³-hybridized carbons (Fsp3) is 0.148. The van der Waals surface area contributed by atoms with E-state index in [1.54, 1.807) is 6.07 Å². The van der Waals surface area contributed by atoms with Crippen molar-refractivity contribution < 1.29 is 9.90 Å². The van der Waals surface area contributed by atoms with Crippen molar-refractivity contribution in [1.29, 1.82) is 0 Å². The number of fused-ring (bicyclic) bond motifs is 6. The molecule has 0 unspecified atom stereocenters. The van der Waals surface area contributed by atoms with E-state index in [0.29, 0.717) is 11.5 Å². The topological polar surface area (TPSA) is 49.3 Å². The summed E-state index contributed by atoms with van der Waals surface area (Å²) in [4.78, 5) is 12.0. The minimum Gasteiger partial charge on any atom is -0.478 e. The number of rotatable bonds is 2. The van der Waals surface area contributed by atoms with Gasteiger partial charge in [-0.15, -0.1) is 0 Å². The molecule has 0 amide bonds. The van der Waals surface area contributed by atoms with Crippen LogP contribution in [0.5, 0.6) is 0 Å². The lowest BCUT2D eigenvalue weighted by Gasteiger charge is -2.39. The number of anilines is 1. The second-order valence-corrected chi connectivity index (χ2v) is 8.31. The Kier molecular flexibility index (Phi) is 3.72. The van der Waals surface area contributed by atoms with Crippen LogP contribution in [0.3, 0.4) is 0 Å². The number of hydrogen-bond acceptors (Lipinski definition) is 2. The van der Waals surface area contributed by atoms with Gasteiger partial charge in [0.2, 0.25) is 0 Å². The summed E-state index contributed by atoms with van der Waals surface area (Å²) in [5.41, 5.74) is 6.15. The van der Waals surface area contributed by atoms with Crippen molar-refractivity contribution >= 4 is 22.4 Å². The zero-order valence-electron chi connectivity index (χ0n) is 16.4. The van der Waals surface area contributed by atoms with Gasteiger partial charge in [0.25, 0.3) is 0 Å².